The summed E-state index contributed by atoms with van der Waals surface area (Å²) in [5.74, 6) is 1.59. The minimum atomic E-state index is -0.355. The highest BCUT2D eigenvalue weighted by Gasteiger charge is 2.14. The van der Waals surface area contributed by atoms with E-state index in [4.69, 9.17) is 20.6 Å². The molecule has 0 aliphatic carbocycles. The van der Waals surface area contributed by atoms with E-state index in [2.05, 4.69) is 20.6 Å². The first-order valence-corrected chi connectivity index (χ1v) is 9.81. The highest BCUT2D eigenvalue weighted by atomic mass is 35.5. The van der Waals surface area contributed by atoms with Crippen molar-refractivity contribution in [3.05, 3.63) is 82.6 Å². The Morgan fingerprint density at radius 2 is 1.77 bits per heavy atom. The first-order chi connectivity index (χ1) is 14.5. The molecule has 0 radical (unpaired) electrons. The predicted molar refractivity (Wildman–Crippen MR) is 113 cm³/mol. The second kappa shape index (κ2) is 8.51. The molecule has 4 aromatic rings. The van der Waals surface area contributed by atoms with Crippen LogP contribution in [0, 0.1) is 0 Å². The maximum Gasteiger partial charge on any atom is 0.277 e. The van der Waals surface area contributed by atoms with Crippen molar-refractivity contribution >= 4 is 23.2 Å². The van der Waals surface area contributed by atoms with Crippen LogP contribution in [0.25, 0.3) is 11.3 Å². The molecule has 0 aliphatic rings. The van der Waals surface area contributed by atoms with Gasteiger partial charge in [0.1, 0.15) is 0 Å². The van der Waals surface area contributed by atoms with Crippen molar-refractivity contribution in [2.45, 2.75) is 26.2 Å². The van der Waals surface area contributed by atoms with Gasteiger partial charge < -0.3 is 14.4 Å². The third kappa shape index (κ3) is 4.58. The lowest BCUT2D eigenvalue weighted by molar-refractivity contribution is 0.101. The number of amides is 1. The molecule has 30 heavy (non-hydrogen) atoms. The van der Waals surface area contributed by atoms with Gasteiger partial charge in [0.25, 0.3) is 5.91 Å². The third-order valence-corrected chi connectivity index (χ3v) is 4.68. The minimum Gasteiger partial charge on any atom is -0.355 e. The monoisotopic (exact) mass is 422 g/mol. The Bertz CT molecular complexity index is 1150. The summed E-state index contributed by atoms with van der Waals surface area (Å²) < 4.78 is 10.5. The molecule has 2 aromatic heterocycles. The number of benzene rings is 2. The van der Waals surface area contributed by atoms with Gasteiger partial charge in [-0.25, -0.2) is 0 Å². The van der Waals surface area contributed by atoms with Crippen LogP contribution < -0.4 is 5.32 Å². The molecule has 8 heteroatoms. The molecule has 0 fully saturated rings. The topological polar surface area (TPSA) is 94.1 Å². The molecule has 0 unspecified atom stereocenters. The molecule has 2 heterocycles. The average Bonchev–Trinajstić information content (AvgIpc) is 3.40. The van der Waals surface area contributed by atoms with Gasteiger partial charge in [-0.2, -0.15) is 4.98 Å². The van der Waals surface area contributed by atoms with Gasteiger partial charge in [0.15, 0.2) is 17.3 Å². The van der Waals surface area contributed by atoms with E-state index in [0.29, 0.717) is 34.6 Å². The van der Waals surface area contributed by atoms with Gasteiger partial charge in [-0.3, -0.25) is 4.79 Å². The smallest absolute Gasteiger partial charge is 0.277 e. The molecule has 152 valence electrons. The zero-order chi connectivity index (χ0) is 21.1. The van der Waals surface area contributed by atoms with Crippen LogP contribution in [-0.2, 0) is 6.42 Å². The summed E-state index contributed by atoms with van der Waals surface area (Å²) in [6.45, 7) is 4.00. The van der Waals surface area contributed by atoms with Crippen molar-refractivity contribution in [2.24, 2.45) is 0 Å². The molecular formula is C22H19ClN4O3. The van der Waals surface area contributed by atoms with Crippen molar-refractivity contribution in [1.82, 2.24) is 15.3 Å². The van der Waals surface area contributed by atoms with E-state index in [-0.39, 0.29) is 17.5 Å². The Labute approximate surface area is 178 Å². The molecular weight excluding hydrogens is 404 g/mol. The van der Waals surface area contributed by atoms with E-state index in [9.17, 15) is 4.79 Å². The lowest BCUT2D eigenvalue weighted by Crippen LogP contribution is -2.12. The van der Waals surface area contributed by atoms with E-state index < -0.39 is 0 Å². The lowest BCUT2D eigenvalue weighted by atomic mass is 10.1. The molecule has 0 bridgehead atoms. The van der Waals surface area contributed by atoms with Crippen LogP contribution in [0.2, 0.25) is 5.02 Å². The Kier molecular flexibility index (Phi) is 5.63. The standard InChI is InChI=1S/C22H19ClN4O3/c1-13(2)22-25-20(27-30-22)11-14-3-9-17(10-4-14)24-21(28)18-12-19(29-26-18)15-5-7-16(23)8-6-15/h3-10,12-13H,11H2,1-2H3,(H,24,28). The molecule has 1 amide bonds. The van der Waals surface area contributed by atoms with Gasteiger partial charge >= 0.3 is 0 Å². The van der Waals surface area contributed by atoms with E-state index in [1.807, 2.05) is 38.1 Å². The molecule has 0 saturated carbocycles. The molecule has 0 atom stereocenters. The first-order valence-electron chi connectivity index (χ1n) is 9.43. The Morgan fingerprint density at radius 3 is 2.43 bits per heavy atom. The normalized spacial score (nSPS) is 11.1. The van der Waals surface area contributed by atoms with E-state index in [0.717, 1.165) is 11.1 Å². The number of rotatable bonds is 6. The molecule has 0 aliphatic heterocycles. The van der Waals surface area contributed by atoms with Gasteiger partial charge in [-0.1, -0.05) is 47.9 Å². The van der Waals surface area contributed by atoms with Gasteiger partial charge in [-0.15, -0.1) is 0 Å². The van der Waals surface area contributed by atoms with Gasteiger partial charge in [-0.05, 0) is 42.0 Å². The van der Waals surface area contributed by atoms with Crippen molar-refractivity contribution in [2.75, 3.05) is 5.32 Å². The molecule has 0 spiro atoms. The van der Waals surface area contributed by atoms with Crippen LogP contribution in [0.1, 0.15) is 47.5 Å². The Balaban J connectivity index is 1.39. The van der Waals surface area contributed by atoms with Gasteiger partial charge in [0.2, 0.25) is 5.89 Å². The van der Waals surface area contributed by atoms with E-state index in [1.165, 1.54) is 0 Å². The minimum absolute atomic E-state index is 0.192. The predicted octanol–water partition coefficient (Wildman–Crippen LogP) is 5.34. The average molecular weight is 423 g/mol. The number of anilines is 1. The van der Waals surface area contributed by atoms with Crippen LogP contribution in [0.4, 0.5) is 5.69 Å². The number of nitrogens with one attached hydrogen (secondary N) is 1. The van der Waals surface area contributed by atoms with Gasteiger partial charge in [0, 0.05) is 34.7 Å². The number of aromatic nitrogens is 3. The van der Waals surface area contributed by atoms with Gasteiger partial charge in [0.05, 0.1) is 0 Å². The molecule has 7 nitrogen and oxygen atoms in total. The number of halogens is 1. The lowest BCUT2D eigenvalue weighted by Gasteiger charge is -2.04. The fraction of sp³-hybridized carbons (Fsp3) is 0.182. The maximum absolute atomic E-state index is 12.5. The summed E-state index contributed by atoms with van der Waals surface area (Å²) in [7, 11) is 0. The fourth-order valence-corrected chi connectivity index (χ4v) is 2.92. The first kappa shape index (κ1) is 19.8. The highest BCUT2D eigenvalue weighted by Crippen LogP contribution is 2.23. The Hall–Kier alpha value is -3.45. The van der Waals surface area contributed by atoms with Crippen LogP contribution >= 0.6 is 11.6 Å². The SMILES string of the molecule is CC(C)c1nc(Cc2ccc(NC(=O)c3cc(-c4ccc(Cl)cc4)on3)cc2)no1. The van der Waals surface area contributed by atoms with Crippen molar-refractivity contribution in [1.29, 1.82) is 0 Å². The third-order valence-electron chi connectivity index (χ3n) is 4.42. The summed E-state index contributed by atoms with van der Waals surface area (Å²) in [5.41, 5.74) is 2.64. The van der Waals surface area contributed by atoms with Crippen LogP contribution in [-0.4, -0.2) is 21.2 Å². The fourth-order valence-electron chi connectivity index (χ4n) is 2.79. The number of hydrogen-bond donors (Lipinski definition) is 1. The molecule has 0 saturated heterocycles. The highest BCUT2D eigenvalue weighted by molar-refractivity contribution is 6.30. The van der Waals surface area contributed by atoms with E-state index >= 15 is 0 Å². The number of hydrogen-bond acceptors (Lipinski definition) is 6. The number of carbonyl (C=O) groups excluding carboxylic acids is 1. The maximum atomic E-state index is 12.5. The summed E-state index contributed by atoms with van der Waals surface area (Å²) in [5, 5.41) is 11.3. The largest absolute Gasteiger partial charge is 0.355 e. The second-order valence-corrected chi connectivity index (χ2v) is 7.55. The van der Waals surface area contributed by atoms with Crippen LogP contribution in [0.3, 0.4) is 0 Å². The molecule has 1 N–H and O–H groups in total. The quantitative estimate of drug-likeness (QED) is 0.450. The molecule has 4 rings (SSSR count). The number of carbonyl (C=O) groups is 1. The second-order valence-electron chi connectivity index (χ2n) is 7.11. The molecule has 2 aromatic carbocycles. The van der Waals surface area contributed by atoms with E-state index in [1.54, 1.807) is 30.3 Å². The number of nitrogens with zero attached hydrogens (tertiary/aromatic N) is 3. The summed E-state index contributed by atoms with van der Waals surface area (Å²) >= 11 is 5.89. The summed E-state index contributed by atoms with van der Waals surface area (Å²) in [6.07, 6.45) is 0.554. The van der Waals surface area contributed by atoms with Crippen molar-refractivity contribution in [3.63, 3.8) is 0 Å². The van der Waals surface area contributed by atoms with Crippen LogP contribution in [0.15, 0.2) is 63.6 Å². The Morgan fingerprint density at radius 1 is 1.03 bits per heavy atom. The zero-order valence-electron chi connectivity index (χ0n) is 16.4. The summed E-state index contributed by atoms with van der Waals surface area (Å²) in [4.78, 5) is 16.8. The summed E-state index contributed by atoms with van der Waals surface area (Å²) in [6, 6.07) is 16.1. The van der Waals surface area contributed by atoms with Crippen LogP contribution in [0.5, 0.6) is 0 Å². The zero-order valence-corrected chi connectivity index (χ0v) is 17.2. The van der Waals surface area contributed by atoms with Crippen molar-refractivity contribution in [3.8, 4) is 11.3 Å². The van der Waals surface area contributed by atoms with Crippen molar-refractivity contribution < 1.29 is 13.8 Å².